The number of halogens is 2. The molecule has 0 fully saturated rings. The molecule has 0 aliphatic rings. The van der Waals surface area contributed by atoms with Crippen molar-refractivity contribution in [3.63, 3.8) is 0 Å². The summed E-state index contributed by atoms with van der Waals surface area (Å²) in [5, 5.41) is 8.63. The van der Waals surface area contributed by atoms with E-state index in [-0.39, 0.29) is 12.4 Å². The van der Waals surface area contributed by atoms with Crippen LogP contribution in [0.2, 0.25) is 0 Å². The lowest BCUT2D eigenvalue weighted by Crippen LogP contribution is -2.05. The van der Waals surface area contributed by atoms with Gasteiger partial charge in [0.2, 0.25) is 0 Å². The van der Waals surface area contributed by atoms with E-state index in [2.05, 4.69) is 4.74 Å². The molecule has 0 spiro atoms. The fourth-order valence-corrected chi connectivity index (χ4v) is 1.54. The Balaban J connectivity index is 3.02. The minimum absolute atomic E-state index is 0.0482. The molecule has 0 saturated heterocycles. The third-order valence-corrected chi connectivity index (χ3v) is 2.11. The zero-order valence-electron chi connectivity index (χ0n) is 9.21. The molecule has 0 atom stereocenters. The summed E-state index contributed by atoms with van der Waals surface area (Å²) in [6.07, 6.45) is 3.31. The van der Waals surface area contributed by atoms with Crippen molar-refractivity contribution >= 4 is 6.08 Å². The topological polar surface area (TPSA) is 29.5 Å². The largest absolute Gasteiger partial charge is 0.434 e. The fourth-order valence-electron chi connectivity index (χ4n) is 1.54. The summed E-state index contributed by atoms with van der Waals surface area (Å²) in [6.45, 7) is 0.561. The van der Waals surface area contributed by atoms with Gasteiger partial charge in [0.1, 0.15) is 5.75 Å². The molecule has 0 heterocycles. The molecule has 1 aromatic carbocycles. The molecule has 0 radical (unpaired) electrons. The van der Waals surface area contributed by atoms with Crippen LogP contribution in [-0.2, 0) is 0 Å². The van der Waals surface area contributed by atoms with Crippen molar-refractivity contribution < 1.29 is 18.6 Å². The molecule has 0 aliphatic carbocycles. The van der Waals surface area contributed by atoms with E-state index in [1.807, 2.05) is 0 Å². The first-order chi connectivity index (χ1) is 7.54. The quantitative estimate of drug-likeness (QED) is 0.858. The maximum atomic E-state index is 12.1. The van der Waals surface area contributed by atoms with Gasteiger partial charge in [-0.25, -0.2) is 0 Å². The first-order valence-electron chi connectivity index (χ1n) is 4.88. The molecular weight excluding hydrogens is 214 g/mol. The average Bonchev–Trinajstić information content (AvgIpc) is 2.20. The molecule has 4 heteroatoms. The van der Waals surface area contributed by atoms with Gasteiger partial charge < -0.3 is 9.84 Å². The van der Waals surface area contributed by atoms with Crippen LogP contribution >= 0.6 is 0 Å². The summed E-state index contributed by atoms with van der Waals surface area (Å²) in [4.78, 5) is 0. The van der Waals surface area contributed by atoms with Crippen LogP contribution in [0.5, 0.6) is 5.75 Å². The van der Waals surface area contributed by atoms with Crippen LogP contribution < -0.4 is 4.74 Å². The number of hydrogen-bond acceptors (Lipinski definition) is 2. The number of rotatable bonds is 4. The first-order valence-corrected chi connectivity index (χ1v) is 4.88. The predicted molar refractivity (Wildman–Crippen MR) is 58.7 cm³/mol. The predicted octanol–water partition coefficient (Wildman–Crippen LogP) is 2.91. The molecule has 1 aromatic rings. The van der Waals surface area contributed by atoms with E-state index in [4.69, 9.17) is 5.11 Å². The molecule has 0 bridgehead atoms. The molecule has 0 amide bonds. The van der Waals surface area contributed by atoms with Gasteiger partial charge in [0.15, 0.2) is 0 Å². The van der Waals surface area contributed by atoms with Crippen molar-refractivity contribution in [1.29, 1.82) is 0 Å². The highest BCUT2D eigenvalue weighted by molar-refractivity contribution is 5.56. The Hall–Kier alpha value is -1.42. The van der Waals surface area contributed by atoms with Gasteiger partial charge in [0.05, 0.1) is 6.61 Å². The van der Waals surface area contributed by atoms with Gasteiger partial charge in [-0.05, 0) is 42.7 Å². The van der Waals surface area contributed by atoms with E-state index in [0.717, 1.165) is 5.56 Å². The van der Waals surface area contributed by atoms with Crippen LogP contribution in [0, 0.1) is 13.8 Å². The normalized spacial score (nSPS) is 11.4. The lowest BCUT2D eigenvalue weighted by molar-refractivity contribution is -0.0507. The Kier molecular flexibility index (Phi) is 4.43. The van der Waals surface area contributed by atoms with Gasteiger partial charge in [-0.3, -0.25) is 0 Å². The molecule has 0 unspecified atom stereocenters. The van der Waals surface area contributed by atoms with Crippen LogP contribution in [0.1, 0.15) is 16.7 Å². The van der Waals surface area contributed by atoms with Crippen LogP contribution in [0.3, 0.4) is 0 Å². The lowest BCUT2D eigenvalue weighted by atomic mass is 10.1. The van der Waals surface area contributed by atoms with Crippen molar-refractivity contribution in [3.05, 3.63) is 34.9 Å². The highest BCUT2D eigenvalue weighted by Crippen LogP contribution is 2.26. The number of alkyl halides is 2. The summed E-state index contributed by atoms with van der Waals surface area (Å²) in [5.41, 5.74) is 2.15. The Labute approximate surface area is 93.2 Å². The van der Waals surface area contributed by atoms with E-state index in [9.17, 15) is 8.78 Å². The van der Waals surface area contributed by atoms with Crippen molar-refractivity contribution in [2.24, 2.45) is 0 Å². The highest BCUT2D eigenvalue weighted by atomic mass is 19.3. The standard InChI is InChI=1S/C12H14F2O2/c1-8-6-10(4-3-5-15)7-9(2)11(8)16-12(13)14/h3-4,6-7,12,15H,5H2,1-2H3. The molecule has 2 nitrogen and oxygen atoms in total. The highest BCUT2D eigenvalue weighted by Gasteiger charge is 2.10. The van der Waals surface area contributed by atoms with Crippen LogP contribution in [0.25, 0.3) is 6.08 Å². The summed E-state index contributed by atoms with van der Waals surface area (Å²) in [7, 11) is 0. The maximum absolute atomic E-state index is 12.1. The molecule has 0 saturated carbocycles. The summed E-state index contributed by atoms with van der Waals surface area (Å²) >= 11 is 0. The van der Waals surface area contributed by atoms with Gasteiger partial charge in [-0.2, -0.15) is 8.78 Å². The van der Waals surface area contributed by atoms with Crippen LogP contribution in [0.4, 0.5) is 8.78 Å². The molecule has 0 aromatic heterocycles. The van der Waals surface area contributed by atoms with Crippen LogP contribution in [-0.4, -0.2) is 18.3 Å². The van der Waals surface area contributed by atoms with Crippen molar-refractivity contribution in [3.8, 4) is 5.75 Å². The Morgan fingerprint density at radius 2 is 1.88 bits per heavy atom. The SMILES string of the molecule is Cc1cc(C=CCO)cc(C)c1OC(F)F. The van der Waals surface area contributed by atoms with Gasteiger partial charge in [0, 0.05) is 0 Å². The second-order valence-electron chi connectivity index (χ2n) is 3.45. The number of aliphatic hydroxyl groups excluding tert-OH is 1. The first kappa shape index (κ1) is 12.6. The van der Waals surface area contributed by atoms with E-state index in [1.54, 1.807) is 38.1 Å². The van der Waals surface area contributed by atoms with Crippen molar-refractivity contribution in [1.82, 2.24) is 0 Å². The summed E-state index contributed by atoms with van der Waals surface area (Å²) < 4.78 is 28.7. The fraction of sp³-hybridized carbons (Fsp3) is 0.333. The minimum Gasteiger partial charge on any atom is -0.434 e. The van der Waals surface area contributed by atoms with Gasteiger partial charge in [0.25, 0.3) is 0 Å². The van der Waals surface area contributed by atoms with E-state index in [0.29, 0.717) is 11.1 Å². The van der Waals surface area contributed by atoms with Gasteiger partial charge in [-0.1, -0.05) is 12.2 Å². The lowest BCUT2D eigenvalue weighted by Gasteiger charge is -2.12. The molecule has 88 valence electrons. The molecule has 0 aliphatic heterocycles. The second-order valence-corrected chi connectivity index (χ2v) is 3.45. The van der Waals surface area contributed by atoms with Gasteiger partial charge in [-0.15, -0.1) is 0 Å². The molecule has 1 rings (SSSR count). The number of ether oxygens (including phenoxy) is 1. The smallest absolute Gasteiger partial charge is 0.387 e. The molecule has 1 N–H and O–H groups in total. The Morgan fingerprint density at radius 1 is 1.31 bits per heavy atom. The monoisotopic (exact) mass is 228 g/mol. The zero-order valence-corrected chi connectivity index (χ0v) is 9.21. The van der Waals surface area contributed by atoms with E-state index < -0.39 is 6.61 Å². The number of aryl methyl sites for hydroxylation is 2. The average molecular weight is 228 g/mol. The van der Waals surface area contributed by atoms with Crippen molar-refractivity contribution in [2.45, 2.75) is 20.5 Å². The summed E-state index contributed by atoms with van der Waals surface area (Å²) in [5.74, 6) is 0.219. The zero-order chi connectivity index (χ0) is 12.1. The number of aliphatic hydroxyl groups is 1. The third-order valence-electron chi connectivity index (χ3n) is 2.11. The third kappa shape index (κ3) is 3.31. The van der Waals surface area contributed by atoms with E-state index >= 15 is 0 Å². The summed E-state index contributed by atoms with van der Waals surface area (Å²) in [6, 6.07) is 3.47. The Bertz CT molecular complexity index is 364. The minimum atomic E-state index is -2.81. The maximum Gasteiger partial charge on any atom is 0.387 e. The number of benzene rings is 1. The van der Waals surface area contributed by atoms with Crippen molar-refractivity contribution in [2.75, 3.05) is 6.61 Å². The second kappa shape index (κ2) is 5.61. The Morgan fingerprint density at radius 3 is 2.31 bits per heavy atom. The molecule has 16 heavy (non-hydrogen) atoms. The van der Waals surface area contributed by atoms with E-state index in [1.165, 1.54) is 0 Å². The van der Waals surface area contributed by atoms with Crippen LogP contribution in [0.15, 0.2) is 18.2 Å². The number of hydrogen-bond donors (Lipinski definition) is 1. The molecular formula is C12H14F2O2. The van der Waals surface area contributed by atoms with Gasteiger partial charge >= 0.3 is 6.61 Å².